The first-order chi connectivity index (χ1) is 7.11. The molecule has 1 amide bonds. The summed E-state index contributed by atoms with van der Waals surface area (Å²) in [7, 11) is 1.86. The van der Waals surface area contributed by atoms with E-state index in [0.717, 1.165) is 23.7 Å². The minimum absolute atomic E-state index is 0.285. The van der Waals surface area contributed by atoms with Crippen LogP contribution >= 0.6 is 22.9 Å². The highest BCUT2D eigenvalue weighted by Gasteiger charge is 2.05. The van der Waals surface area contributed by atoms with Crippen molar-refractivity contribution in [3.63, 3.8) is 0 Å². The molecule has 0 fully saturated rings. The standard InChI is InChI=1S/C9H14ClN3OS/c1-13(5-8(11)14)3-2-9-12-7(4-10)6-15-9/h6H,2-5H2,1H3,(H2,11,14). The quantitative estimate of drug-likeness (QED) is 0.758. The number of thiazole rings is 1. The van der Waals surface area contributed by atoms with Crippen LogP contribution in [-0.4, -0.2) is 35.9 Å². The van der Waals surface area contributed by atoms with E-state index in [1.807, 2.05) is 17.3 Å². The molecule has 1 aromatic heterocycles. The molecule has 0 unspecified atom stereocenters. The number of aromatic nitrogens is 1. The maximum Gasteiger partial charge on any atom is 0.231 e. The van der Waals surface area contributed by atoms with Crippen LogP contribution in [-0.2, 0) is 17.1 Å². The van der Waals surface area contributed by atoms with Crippen LogP contribution in [0.4, 0.5) is 0 Å². The summed E-state index contributed by atoms with van der Waals surface area (Å²) in [5, 5.41) is 3.00. The third-order valence-electron chi connectivity index (χ3n) is 1.87. The van der Waals surface area contributed by atoms with Crippen molar-refractivity contribution in [1.29, 1.82) is 0 Å². The predicted octanol–water partition coefficient (Wildman–Crippen LogP) is 0.841. The Labute approximate surface area is 98.0 Å². The zero-order valence-corrected chi connectivity index (χ0v) is 10.1. The summed E-state index contributed by atoms with van der Waals surface area (Å²) < 4.78 is 0. The van der Waals surface area contributed by atoms with E-state index in [9.17, 15) is 4.79 Å². The number of alkyl halides is 1. The molecule has 6 heteroatoms. The topological polar surface area (TPSA) is 59.2 Å². The monoisotopic (exact) mass is 247 g/mol. The van der Waals surface area contributed by atoms with Gasteiger partial charge in [-0.2, -0.15) is 0 Å². The molecular formula is C9H14ClN3OS. The van der Waals surface area contributed by atoms with Crippen molar-refractivity contribution in [2.75, 3.05) is 20.1 Å². The van der Waals surface area contributed by atoms with Crippen molar-refractivity contribution >= 4 is 28.8 Å². The number of carbonyl (C=O) groups excluding carboxylic acids is 1. The fraction of sp³-hybridized carbons (Fsp3) is 0.556. The highest BCUT2D eigenvalue weighted by Crippen LogP contribution is 2.12. The van der Waals surface area contributed by atoms with Gasteiger partial charge in [-0.15, -0.1) is 22.9 Å². The second-order valence-electron chi connectivity index (χ2n) is 3.32. The molecule has 0 aliphatic heterocycles. The molecule has 0 saturated heterocycles. The van der Waals surface area contributed by atoms with Gasteiger partial charge < -0.3 is 5.73 Å². The smallest absolute Gasteiger partial charge is 0.231 e. The Morgan fingerprint density at radius 3 is 3.00 bits per heavy atom. The summed E-state index contributed by atoms with van der Waals surface area (Å²) in [6.07, 6.45) is 0.825. The molecule has 0 radical (unpaired) electrons. The first kappa shape index (κ1) is 12.4. The lowest BCUT2D eigenvalue weighted by molar-refractivity contribution is -0.118. The number of halogens is 1. The number of carbonyl (C=O) groups is 1. The van der Waals surface area contributed by atoms with Crippen LogP contribution in [0.1, 0.15) is 10.7 Å². The van der Waals surface area contributed by atoms with Gasteiger partial charge in [-0.3, -0.25) is 9.69 Å². The summed E-state index contributed by atoms with van der Waals surface area (Å²) in [6.45, 7) is 1.06. The lowest BCUT2D eigenvalue weighted by Gasteiger charge is -2.12. The predicted molar refractivity (Wildman–Crippen MR) is 62.1 cm³/mol. The molecule has 1 heterocycles. The molecule has 15 heavy (non-hydrogen) atoms. The average molecular weight is 248 g/mol. The summed E-state index contributed by atoms with van der Waals surface area (Å²) in [5.41, 5.74) is 5.99. The Morgan fingerprint density at radius 2 is 2.47 bits per heavy atom. The highest BCUT2D eigenvalue weighted by atomic mass is 35.5. The van der Waals surface area contributed by atoms with Gasteiger partial charge in [0.1, 0.15) is 0 Å². The van der Waals surface area contributed by atoms with Crippen LogP contribution in [0.2, 0.25) is 0 Å². The molecule has 0 aromatic carbocycles. The molecular weight excluding hydrogens is 234 g/mol. The van der Waals surface area contributed by atoms with Crippen molar-refractivity contribution in [1.82, 2.24) is 9.88 Å². The van der Waals surface area contributed by atoms with Crippen LogP contribution in [0.15, 0.2) is 5.38 Å². The van der Waals surface area contributed by atoms with Crippen molar-refractivity contribution in [2.45, 2.75) is 12.3 Å². The molecule has 0 aliphatic rings. The largest absolute Gasteiger partial charge is 0.369 e. The number of primary amides is 1. The second kappa shape index (κ2) is 6.05. The van der Waals surface area contributed by atoms with E-state index < -0.39 is 0 Å². The van der Waals surface area contributed by atoms with Gasteiger partial charge in [0.2, 0.25) is 5.91 Å². The molecule has 2 N–H and O–H groups in total. The van der Waals surface area contributed by atoms with Gasteiger partial charge in [0.15, 0.2) is 0 Å². The van der Waals surface area contributed by atoms with E-state index >= 15 is 0 Å². The first-order valence-electron chi connectivity index (χ1n) is 4.58. The number of likely N-dealkylation sites (N-methyl/N-ethyl adjacent to an activating group) is 1. The van der Waals surface area contributed by atoms with Crippen LogP contribution in [0, 0.1) is 0 Å². The Bertz CT molecular complexity index is 329. The van der Waals surface area contributed by atoms with Crippen molar-refractivity contribution < 1.29 is 4.79 Å². The molecule has 0 atom stereocenters. The van der Waals surface area contributed by atoms with E-state index in [2.05, 4.69) is 4.98 Å². The fourth-order valence-corrected chi connectivity index (χ4v) is 2.17. The SMILES string of the molecule is CN(CCc1nc(CCl)cs1)CC(N)=O. The lowest BCUT2D eigenvalue weighted by Crippen LogP contribution is -2.32. The van der Waals surface area contributed by atoms with Gasteiger partial charge in [0.05, 0.1) is 23.1 Å². The number of hydrogen-bond donors (Lipinski definition) is 1. The van der Waals surface area contributed by atoms with Crippen molar-refractivity contribution in [2.24, 2.45) is 5.73 Å². The van der Waals surface area contributed by atoms with E-state index in [1.165, 1.54) is 0 Å². The molecule has 0 saturated carbocycles. The number of nitrogens with zero attached hydrogens (tertiary/aromatic N) is 2. The van der Waals surface area contributed by atoms with E-state index in [0.29, 0.717) is 5.88 Å². The summed E-state index contributed by atoms with van der Waals surface area (Å²) >= 11 is 7.24. The van der Waals surface area contributed by atoms with Crippen molar-refractivity contribution in [3.05, 3.63) is 16.1 Å². The Balaban J connectivity index is 2.33. The molecule has 1 aromatic rings. The van der Waals surface area contributed by atoms with Gasteiger partial charge in [0, 0.05) is 18.3 Å². The molecule has 0 spiro atoms. The van der Waals surface area contributed by atoms with Gasteiger partial charge in [0.25, 0.3) is 0 Å². The fourth-order valence-electron chi connectivity index (χ4n) is 1.16. The summed E-state index contributed by atoms with van der Waals surface area (Å²) in [6, 6.07) is 0. The molecule has 1 rings (SSSR count). The van der Waals surface area contributed by atoms with Crippen LogP contribution in [0.3, 0.4) is 0 Å². The minimum atomic E-state index is -0.307. The van der Waals surface area contributed by atoms with Crippen LogP contribution in [0.25, 0.3) is 0 Å². The van der Waals surface area contributed by atoms with Gasteiger partial charge >= 0.3 is 0 Å². The number of hydrogen-bond acceptors (Lipinski definition) is 4. The van der Waals surface area contributed by atoms with Crippen LogP contribution in [0.5, 0.6) is 0 Å². The molecule has 0 bridgehead atoms. The Kier molecular flexibility index (Phi) is 5.01. The summed E-state index contributed by atoms with van der Waals surface area (Å²) in [4.78, 5) is 16.8. The van der Waals surface area contributed by atoms with Gasteiger partial charge in [-0.1, -0.05) is 0 Å². The number of rotatable bonds is 6. The lowest BCUT2D eigenvalue weighted by atomic mass is 10.4. The van der Waals surface area contributed by atoms with Gasteiger partial charge in [-0.05, 0) is 7.05 Å². The Morgan fingerprint density at radius 1 is 1.73 bits per heavy atom. The van der Waals surface area contributed by atoms with E-state index in [-0.39, 0.29) is 12.5 Å². The number of amides is 1. The maximum absolute atomic E-state index is 10.6. The number of nitrogens with two attached hydrogens (primary N) is 1. The zero-order chi connectivity index (χ0) is 11.3. The minimum Gasteiger partial charge on any atom is -0.369 e. The summed E-state index contributed by atoms with van der Waals surface area (Å²) in [5.74, 6) is 0.145. The molecule has 0 aliphatic carbocycles. The first-order valence-corrected chi connectivity index (χ1v) is 5.99. The van der Waals surface area contributed by atoms with E-state index in [4.69, 9.17) is 17.3 Å². The van der Waals surface area contributed by atoms with Gasteiger partial charge in [-0.25, -0.2) is 4.98 Å². The normalized spacial score (nSPS) is 10.9. The molecule has 84 valence electrons. The zero-order valence-electron chi connectivity index (χ0n) is 8.57. The Hall–Kier alpha value is -0.650. The average Bonchev–Trinajstić information content (AvgIpc) is 2.61. The maximum atomic E-state index is 10.6. The van der Waals surface area contributed by atoms with Crippen LogP contribution < -0.4 is 5.73 Å². The highest BCUT2D eigenvalue weighted by molar-refractivity contribution is 7.09. The van der Waals surface area contributed by atoms with E-state index in [1.54, 1.807) is 11.3 Å². The second-order valence-corrected chi connectivity index (χ2v) is 4.53. The third kappa shape index (κ3) is 4.59. The third-order valence-corrected chi connectivity index (χ3v) is 3.10. The molecule has 4 nitrogen and oxygen atoms in total. The van der Waals surface area contributed by atoms with Crippen molar-refractivity contribution in [3.8, 4) is 0 Å².